The first-order valence-electron chi connectivity index (χ1n) is 5.53. The fourth-order valence-corrected chi connectivity index (χ4v) is 1.98. The molecular formula is C12H13N3O4. The summed E-state index contributed by atoms with van der Waals surface area (Å²) in [7, 11) is 1.73. The van der Waals surface area contributed by atoms with Crippen LogP contribution in [0.2, 0.25) is 0 Å². The molecule has 0 radical (unpaired) electrons. The zero-order chi connectivity index (χ0) is 14.3. The normalized spacial score (nSPS) is 10.7. The first-order chi connectivity index (χ1) is 8.82. The summed E-state index contributed by atoms with van der Waals surface area (Å²) in [6.07, 6.45) is 0. The highest BCUT2D eigenvalue weighted by Crippen LogP contribution is 2.27. The zero-order valence-electron chi connectivity index (χ0n) is 10.7. The summed E-state index contributed by atoms with van der Waals surface area (Å²) in [5.74, 6) is -2.56. The van der Waals surface area contributed by atoms with Gasteiger partial charge < -0.3 is 15.2 Å². The van der Waals surface area contributed by atoms with Crippen molar-refractivity contribution in [1.29, 1.82) is 0 Å². The number of carboxylic acid groups (broad SMARTS) is 2. The van der Waals surface area contributed by atoms with Gasteiger partial charge in [0, 0.05) is 18.4 Å². The second-order valence-corrected chi connectivity index (χ2v) is 4.28. The quantitative estimate of drug-likeness (QED) is 0.776. The van der Waals surface area contributed by atoms with Gasteiger partial charge in [0.1, 0.15) is 11.3 Å². The van der Waals surface area contributed by atoms with Gasteiger partial charge in [-0.3, -0.25) is 4.68 Å². The number of aromatic nitrogens is 3. The Morgan fingerprint density at radius 2 is 1.79 bits per heavy atom. The number of aromatic carboxylic acids is 2. The lowest BCUT2D eigenvalue weighted by atomic mass is 10.1. The molecule has 0 bridgehead atoms. The summed E-state index contributed by atoms with van der Waals surface area (Å²) in [6, 6.07) is 1.70. The summed E-state index contributed by atoms with van der Waals surface area (Å²) >= 11 is 0. The highest BCUT2D eigenvalue weighted by molar-refractivity contribution is 6.07. The summed E-state index contributed by atoms with van der Waals surface area (Å²) in [6.45, 7) is 3.35. The van der Waals surface area contributed by atoms with E-state index in [0.29, 0.717) is 11.4 Å². The molecule has 0 unspecified atom stereocenters. The number of H-pyrrole nitrogens is 1. The van der Waals surface area contributed by atoms with Gasteiger partial charge in [0.2, 0.25) is 0 Å². The van der Waals surface area contributed by atoms with Crippen LogP contribution in [0.3, 0.4) is 0 Å². The Kier molecular flexibility index (Phi) is 2.89. The van der Waals surface area contributed by atoms with Crippen LogP contribution in [0, 0.1) is 13.8 Å². The van der Waals surface area contributed by atoms with Gasteiger partial charge in [-0.25, -0.2) is 9.59 Å². The van der Waals surface area contributed by atoms with Crippen LogP contribution in [0.25, 0.3) is 11.4 Å². The second-order valence-electron chi connectivity index (χ2n) is 4.28. The molecule has 0 aliphatic rings. The van der Waals surface area contributed by atoms with Crippen molar-refractivity contribution in [2.45, 2.75) is 13.8 Å². The van der Waals surface area contributed by atoms with E-state index in [4.69, 9.17) is 5.11 Å². The number of hydrogen-bond acceptors (Lipinski definition) is 3. The summed E-state index contributed by atoms with van der Waals surface area (Å²) in [5.41, 5.74) is 1.27. The molecule has 0 aromatic carbocycles. The van der Waals surface area contributed by atoms with E-state index < -0.39 is 11.9 Å². The first-order valence-corrected chi connectivity index (χ1v) is 5.53. The molecule has 2 rings (SSSR count). The first kappa shape index (κ1) is 12.9. The van der Waals surface area contributed by atoms with E-state index in [1.165, 1.54) is 6.92 Å². The predicted octanol–water partition coefficient (Wildman–Crippen LogP) is 1.43. The van der Waals surface area contributed by atoms with Crippen LogP contribution in [0.15, 0.2) is 6.07 Å². The Morgan fingerprint density at radius 1 is 1.21 bits per heavy atom. The molecular weight excluding hydrogens is 250 g/mol. The average molecular weight is 263 g/mol. The monoisotopic (exact) mass is 263 g/mol. The molecule has 0 atom stereocenters. The number of aryl methyl sites for hydroxylation is 3. The zero-order valence-corrected chi connectivity index (χ0v) is 10.7. The molecule has 2 heterocycles. The third-order valence-electron chi connectivity index (χ3n) is 2.99. The molecule has 0 fully saturated rings. The van der Waals surface area contributed by atoms with Crippen LogP contribution in [0.5, 0.6) is 0 Å². The molecule has 7 heteroatoms. The van der Waals surface area contributed by atoms with Gasteiger partial charge in [0.05, 0.1) is 11.3 Å². The van der Waals surface area contributed by atoms with Gasteiger partial charge in [-0.15, -0.1) is 0 Å². The van der Waals surface area contributed by atoms with Gasteiger partial charge in [-0.2, -0.15) is 5.10 Å². The van der Waals surface area contributed by atoms with Crippen molar-refractivity contribution in [3.05, 3.63) is 28.6 Å². The van der Waals surface area contributed by atoms with Crippen molar-refractivity contribution in [3.8, 4) is 11.4 Å². The smallest absolute Gasteiger partial charge is 0.338 e. The van der Waals surface area contributed by atoms with E-state index in [-0.39, 0.29) is 16.8 Å². The number of aromatic amines is 1. The van der Waals surface area contributed by atoms with Gasteiger partial charge in [0.25, 0.3) is 0 Å². The maximum atomic E-state index is 11.3. The van der Waals surface area contributed by atoms with Crippen molar-refractivity contribution in [2.24, 2.45) is 7.05 Å². The molecule has 2 aromatic heterocycles. The van der Waals surface area contributed by atoms with Crippen LogP contribution in [-0.4, -0.2) is 36.9 Å². The van der Waals surface area contributed by atoms with Crippen LogP contribution in [-0.2, 0) is 7.05 Å². The molecule has 0 saturated carbocycles. The van der Waals surface area contributed by atoms with Crippen LogP contribution in [0.4, 0.5) is 0 Å². The number of carbonyl (C=O) groups is 2. The van der Waals surface area contributed by atoms with E-state index in [1.54, 1.807) is 17.8 Å². The highest BCUT2D eigenvalue weighted by Gasteiger charge is 2.27. The summed E-state index contributed by atoms with van der Waals surface area (Å²) < 4.78 is 1.59. The molecule has 3 N–H and O–H groups in total. The van der Waals surface area contributed by atoms with Gasteiger partial charge >= 0.3 is 11.9 Å². The van der Waals surface area contributed by atoms with E-state index >= 15 is 0 Å². The number of hydrogen-bond donors (Lipinski definition) is 3. The molecule has 0 aliphatic carbocycles. The lowest BCUT2D eigenvalue weighted by Gasteiger charge is -1.97. The van der Waals surface area contributed by atoms with E-state index in [1.807, 2.05) is 6.92 Å². The Labute approximate surface area is 108 Å². The SMILES string of the molecule is Cc1[nH]c(-c2cc(C)n(C)n2)c(C(=O)O)c1C(=O)O. The Morgan fingerprint density at radius 3 is 2.21 bits per heavy atom. The van der Waals surface area contributed by atoms with Crippen molar-refractivity contribution < 1.29 is 19.8 Å². The van der Waals surface area contributed by atoms with Gasteiger partial charge in [-0.05, 0) is 19.9 Å². The Balaban J connectivity index is 2.74. The number of carboxylic acids is 2. The topological polar surface area (TPSA) is 108 Å². The maximum Gasteiger partial charge on any atom is 0.338 e. The Bertz CT molecular complexity index is 662. The molecule has 100 valence electrons. The van der Waals surface area contributed by atoms with Crippen molar-refractivity contribution in [1.82, 2.24) is 14.8 Å². The number of rotatable bonds is 3. The average Bonchev–Trinajstić information content (AvgIpc) is 2.80. The third-order valence-corrected chi connectivity index (χ3v) is 2.99. The lowest BCUT2D eigenvalue weighted by Crippen LogP contribution is -2.07. The minimum Gasteiger partial charge on any atom is -0.478 e. The predicted molar refractivity (Wildman–Crippen MR) is 66.4 cm³/mol. The van der Waals surface area contributed by atoms with E-state index in [9.17, 15) is 14.7 Å². The van der Waals surface area contributed by atoms with Crippen molar-refractivity contribution >= 4 is 11.9 Å². The van der Waals surface area contributed by atoms with Crippen LogP contribution in [0.1, 0.15) is 32.1 Å². The van der Waals surface area contributed by atoms with Crippen LogP contribution < -0.4 is 0 Å². The standard InChI is InChI=1S/C12H13N3O4/c1-5-4-7(14-15(5)3)10-9(12(18)19)8(11(16)17)6(2)13-10/h4,13H,1-3H3,(H,16,17)(H,18,19). The lowest BCUT2D eigenvalue weighted by molar-refractivity contribution is 0.0652. The molecule has 0 saturated heterocycles. The van der Waals surface area contributed by atoms with Crippen molar-refractivity contribution in [3.63, 3.8) is 0 Å². The summed E-state index contributed by atoms with van der Waals surface area (Å²) in [5, 5.41) is 22.5. The van der Waals surface area contributed by atoms with Gasteiger partial charge in [0.15, 0.2) is 0 Å². The minimum atomic E-state index is -1.29. The molecule has 2 aromatic rings. The molecule has 7 nitrogen and oxygen atoms in total. The van der Waals surface area contributed by atoms with Crippen molar-refractivity contribution in [2.75, 3.05) is 0 Å². The second kappa shape index (κ2) is 4.27. The molecule has 0 aliphatic heterocycles. The number of nitrogens with zero attached hydrogens (tertiary/aromatic N) is 2. The van der Waals surface area contributed by atoms with E-state index in [0.717, 1.165) is 5.69 Å². The largest absolute Gasteiger partial charge is 0.478 e. The van der Waals surface area contributed by atoms with Gasteiger partial charge in [-0.1, -0.05) is 0 Å². The van der Waals surface area contributed by atoms with Crippen LogP contribution >= 0.6 is 0 Å². The maximum absolute atomic E-state index is 11.3. The third kappa shape index (κ3) is 1.99. The molecule has 19 heavy (non-hydrogen) atoms. The minimum absolute atomic E-state index is 0.214. The highest BCUT2D eigenvalue weighted by atomic mass is 16.4. The van der Waals surface area contributed by atoms with E-state index in [2.05, 4.69) is 10.1 Å². The fourth-order valence-electron chi connectivity index (χ4n) is 1.98. The number of nitrogens with one attached hydrogen (secondary N) is 1. The Hall–Kier alpha value is -2.57. The fraction of sp³-hybridized carbons (Fsp3) is 0.250. The summed E-state index contributed by atoms with van der Waals surface area (Å²) in [4.78, 5) is 25.3. The molecule has 0 amide bonds. The molecule has 0 spiro atoms.